The maximum Gasteiger partial charge on any atom is 0.252 e. The zero-order valence-electron chi connectivity index (χ0n) is 17.1. The number of imidazole rings is 1. The molecule has 2 fully saturated rings. The summed E-state index contributed by atoms with van der Waals surface area (Å²) in [5.74, 6) is 5.76. The Balaban J connectivity index is 1.58. The quantitative estimate of drug-likeness (QED) is 0.393. The summed E-state index contributed by atoms with van der Waals surface area (Å²) in [5, 5.41) is 23.3. The molecule has 2 aromatic rings. The number of aliphatic hydroxyl groups is 2. The minimum atomic E-state index is -1.40. The third-order valence-corrected chi connectivity index (χ3v) is 5.18. The molecule has 4 atom stereocenters. The van der Waals surface area contributed by atoms with Crippen molar-refractivity contribution in [3.63, 3.8) is 0 Å². The lowest BCUT2D eigenvalue weighted by atomic mass is 10.1. The van der Waals surface area contributed by atoms with Crippen LogP contribution >= 0.6 is 0 Å². The van der Waals surface area contributed by atoms with E-state index in [1.807, 2.05) is 0 Å². The van der Waals surface area contributed by atoms with Crippen molar-refractivity contribution in [3.8, 4) is 11.8 Å². The highest BCUT2D eigenvalue weighted by Gasteiger charge is 2.47. The minimum Gasteiger partial charge on any atom is -0.387 e. The average Bonchev–Trinajstić information content (AvgIpc) is 3.31. The van der Waals surface area contributed by atoms with Crippen LogP contribution in [0.15, 0.2) is 6.33 Å². The molecule has 0 aliphatic carbocycles. The monoisotopic (exact) mass is 431 g/mol. The molecule has 12 heteroatoms. The molecular weight excluding hydrogens is 406 g/mol. The van der Waals surface area contributed by atoms with Crippen LogP contribution in [0.1, 0.15) is 19.0 Å². The van der Waals surface area contributed by atoms with Gasteiger partial charge in [-0.3, -0.25) is 14.3 Å². The molecule has 166 valence electrons. The fourth-order valence-electron chi connectivity index (χ4n) is 3.55. The van der Waals surface area contributed by atoms with E-state index in [4.69, 9.17) is 15.2 Å². The normalized spacial score (nSPS) is 26.5. The predicted molar refractivity (Wildman–Crippen MR) is 108 cm³/mol. The first-order valence-electron chi connectivity index (χ1n) is 10.1. The van der Waals surface area contributed by atoms with Crippen molar-refractivity contribution in [2.45, 2.75) is 31.5 Å². The zero-order chi connectivity index (χ0) is 22.0. The molecule has 0 bridgehead atoms. The molecule has 0 aromatic carbocycles. The molecule has 31 heavy (non-hydrogen) atoms. The number of likely N-dealkylation sites (N-methyl/N-ethyl adjacent to an activating group) is 1. The van der Waals surface area contributed by atoms with Crippen LogP contribution in [0.4, 0.5) is 5.82 Å². The summed E-state index contributed by atoms with van der Waals surface area (Å²) in [5.41, 5.74) is 6.62. The standard InChI is InChI=1S/C19H25N7O5/c1-2-21-18(29)15-13(27)14(28)19(31-15)26-10-22-12-16(20)23-11(24-17(12)26)4-3-5-25-6-8-30-9-7-25/h10,13-15,19,27-28H,2,5-9H2,1H3,(H,21,29)(H2,20,23,24). The number of morpholine rings is 1. The number of nitrogens with zero attached hydrogens (tertiary/aromatic N) is 5. The van der Waals surface area contributed by atoms with Crippen molar-refractivity contribution in [1.29, 1.82) is 0 Å². The number of fused-ring (bicyclic) bond motifs is 1. The summed E-state index contributed by atoms with van der Waals surface area (Å²) in [4.78, 5) is 27.1. The summed E-state index contributed by atoms with van der Waals surface area (Å²) in [6, 6.07) is 0. The van der Waals surface area contributed by atoms with E-state index in [0.717, 1.165) is 13.1 Å². The van der Waals surface area contributed by atoms with Gasteiger partial charge < -0.3 is 30.7 Å². The number of carbonyl (C=O) groups is 1. The highest BCUT2D eigenvalue weighted by atomic mass is 16.6. The maximum absolute atomic E-state index is 12.1. The Bertz CT molecular complexity index is 1010. The first kappa shape index (κ1) is 21.4. The molecule has 2 aliphatic rings. The molecule has 12 nitrogen and oxygen atoms in total. The topological polar surface area (TPSA) is 161 Å². The Labute approximate surface area is 178 Å². The van der Waals surface area contributed by atoms with E-state index in [1.165, 1.54) is 10.9 Å². The first-order valence-corrected chi connectivity index (χ1v) is 10.1. The number of ether oxygens (including phenoxy) is 2. The SMILES string of the molecule is CCNC(=O)C1OC(n2cnc3c(N)nc(C#CCN4CCOCC4)nc32)C(O)C1O. The Kier molecular flexibility index (Phi) is 6.30. The maximum atomic E-state index is 12.1. The van der Waals surface area contributed by atoms with Gasteiger partial charge in [0.25, 0.3) is 5.91 Å². The summed E-state index contributed by atoms with van der Waals surface area (Å²) in [6.07, 6.45) is -3.68. The second-order valence-corrected chi connectivity index (χ2v) is 7.27. The molecule has 2 aliphatic heterocycles. The highest BCUT2D eigenvalue weighted by Crippen LogP contribution is 2.32. The van der Waals surface area contributed by atoms with Crippen LogP contribution in [-0.4, -0.2) is 98.2 Å². The van der Waals surface area contributed by atoms with Crippen LogP contribution in [0.25, 0.3) is 11.2 Å². The number of hydrogen-bond acceptors (Lipinski definition) is 10. The van der Waals surface area contributed by atoms with Gasteiger partial charge in [-0.05, 0) is 12.8 Å². The van der Waals surface area contributed by atoms with Gasteiger partial charge in [-0.15, -0.1) is 0 Å². The summed E-state index contributed by atoms with van der Waals surface area (Å²) in [7, 11) is 0. The first-order chi connectivity index (χ1) is 15.0. The van der Waals surface area contributed by atoms with Gasteiger partial charge in [0.05, 0.1) is 26.1 Å². The number of amides is 1. The smallest absolute Gasteiger partial charge is 0.252 e. The van der Waals surface area contributed by atoms with Crippen molar-refractivity contribution in [3.05, 3.63) is 12.2 Å². The molecule has 4 unspecified atom stereocenters. The molecule has 1 amide bonds. The number of hydrogen-bond donors (Lipinski definition) is 4. The predicted octanol–water partition coefficient (Wildman–Crippen LogP) is -2.15. The lowest BCUT2D eigenvalue weighted by Gasteiger charge is -2.24. The number of carbonyl (C=O) groups excluding carboxylic acids is 1. The number of anilines is 1. The minimum absolute atomic E-state index is 0.132. The van der Waals surface area contributed by atoms with Gasteiger partial charge in [-0.2, -0.15) is 0 Å². The summed E-state index contributed by atoms with van der Waals surface area (Å²) in [6.45, 7) is 5.67. The Morgan fingerprint density at radius 3 is 2.84 bits per heavy atom. The number of aliphatic hydroxyl groups excluding tert-OH is 2. The van der Waals surface area contributed by atoms with Gasteiger partial charge in [0.1, 0.15) is 17.7 Å². The Hall–Kier alpha value is -2.82. The van der Waals surface area contributed by atoms with E-state index < -0.39 is 30.4 Å². The van der Waals surface area contributed by atoms with Crippen LogP contribution in [0.3, 0.4) is 0 Å². The number of nitrogens with one attached hydrogen (secondary N) is 1. The third kappa shape index (κ3) is 4.32. The number of rotatable bonds is 4. The molecule has 0 saturated carbocycles. The summed E-state index contributed by atoms with van der Waals surface area (Å²) < 4.78 is 12.4. The molecule has 4 heterocycles. The van der Waals surface area contributed by atoms with E-state index in [9.17, 15) is 15.0 Å². The van der Waals surface area contributed by atoms with Gasteiger partial charge in [0.2, 0.25) is 5.82 Å². The van der Waals surface area contributed by atoms with E-state index in [-0.39, 0.29) is 17.3 Å². The van der Waals surface area contributed by atoms with Gasteiger partial charge in [-0.1, -0.05) is 5.92 Å². The van der Waals surface area contributed by atoms with Crippen molar-refractivity contribution in [1.82, 2.24) is 29.7 Å². The van der Waals surface area contributed by atoms with Gasteiger partial charge >= 0.3 is 0 Å². The second-order valence-electron chi connectivity index (χ2n) is 7.27. The van der Waals surface area contributed by atoms with Crippen molar-refractivity contribution in [2.24, 2.45) is 0 Å². The van der Waals surface area contributed by atoms with Crippen LogP contribution in [-0.2, 0) is 14.3 Å². The van der Waals surface area contributed by atoms with Crippen molar-refractivity contribution < 1.29 is 24.5 Å². The van der Waals surface area contributed by atoms with Crippen molar-refractivity contribution >= 4 is 22.9 Å². The van der Waals surface area contributed by atoms with E-state index in [2.05, 4.69) is 37.0 Å². The highest BCUT2D eigenvalue weighted by molar-refractivity contribution is 5.83. The zero-order valence-corrected chi connectivity index (χ0v) is 17.1. The molecule has 5 N–H and O–H groups in total. The van der Waals surface area contributed by atoms with Crippen LogP contribution in [0, 0.1) is 11.8 Å². The Morgan fingerprint density at radius 1 is 1.32 bits per heavy atom. The van der Waals surface area contributed by atoms with Gasteiger partial charge in [-0.25, -0.2) is 15.0 Å². The van der Waals surface area contributed by atoms with E-state index in [0.29, 0.717) is 31.8 Å². The average molecular weight is 431 g/mol. The van der Waals surface area contributed by atoms with E-state index >= 15 is 0 Å². The summed E-state index contributed by atoms with van der Waals surface area (Å²) >= 11 is 0. The molecule has 4 rings (SSSR count). The fraction of sp³-hybridized carbons (Fsp3) is 0.579. The Morgan fingerprint density at radius 2 is 2.10 bits per heavy atom. The van der Waals surface area contributed by atoms with Crippen LogP contribution < -0.4 is 11.1 Å². The lowest BCUT2D eigenvalue weighted by molar-refractivity contribution is -0.137. The molecule has 2 aromatic heterocycles. The van der Waals surface area contributed by atoms with Crippen molar-refractivity contribution in [2.75, 3.05) is 45.1 Å². The molecule has 0 spiro atoms. The van der Waals surface area contributed by atoms with E-state index in [1.54, 1.807) is 6.92 Å². The molecule has 2 saturated heterocycles. The third-order valence-electron chi connectivity index (χ3n) is 5.18. The van der Waals surface area contributed by atoms with Crippen LogP contribution in [0.5, 0.6) is 0 Å². The fourth-order valence-corrected chi connectivity index (χ4v) is 3.55. The van der Waals surface area contributed by atoms with Crippen LogP contribution in [0.2, 0.25) is 0 Å². The number of nitrogens with two attached hydrogens (primary N) is 1. The number of aromatic nitrogens is 4. The largest absolute Gasteiger partial charge is 0.387 e. The van der Waals surface area contributed by atoms with Gasteiger partial charge in [0.15, 0.2) is 23.8 Å². The molecular formula is C19H25N7O5. The number of nitrogen functional groups attached to an aromatic ring is 1. The van der Waals surface area contributed by atoms with Gasteiger partial charge in [0, 0.05) is 19.6 Å². The molecule has 0 radical (unpaired) electrons. The lowest BCUT2D eigenvalue weighted by Crippen LogP contribution is -2.42. The second kappa shape index (κ2) is 9.13.